The minimum absolute atomic E-state index is 0.0530. The van der Waals surface area contributed by atoms with Crippen LogP contribution in [-0.2, 0) is 29.7 Å². The number of nitrogens with zero attached hydrogens (tertiary/aromatic N) is 7. The van der Waals surface area contributed by atoms with Crippen LogP contribution in [0.4, 0.5) is 14.6 Å². The Morgan fingerprint density at radius 3 is 2.71 bits per heavy atom. The van der Waals surface area contributed by atoms with Crippen LogP contribution in [0.5, 0.6) is 6.01 Å². The van der Waals surface area contributed by atoms with Gasteiger partial charge in [0.2, 0.25) is 0 Å². The zero-order valence-electron chi connectivity index (χ0n) is 28.0. The van der Waals surface area contributed by atoms with Gasteiger partial charge in [-0.05, 0) is 0 Å². The third-order valence-electron chi connectivity index (χ3n) is 10.7. The molecule has 14 heteroatoms. The quantitative estimate of drug-likeness (QED) is 0.200. The van der Waals surface area contributed by atoms with Crippen LogP contribution < -0.4 is 35.3 Å². The monoisotopic (exact) mass is 795 g/mol. The normalized spacial score (nSPS) is 27.8. The Labute approximate surface area is 296 Å². The molecule has 0 saturated carbocycles. The van der Waals surface area contributed by atoms with Gasteiger partial charge in [0.1, 0.15) is 0 Å². The van der Waals surface area contributed by atoms with E-state index in [1.165, 1.54) is 23.5 Å². The zero-order valence-corrected chi connectivity index (χ0v) is 30.9. The molecule has 0 radical (unpaired) electrons. The molecular formula is C34H43ClF2IN8O2-. The fourth-order valence-corrected chi connectivity index (χ4v) is 11.7. The molecule has 7 rings (SSSR count). The number of hydrogen-bond acceptors (Lipinski definition) is 9. The number of rotatable bonds is 6. The number of likely N-dealkylation sites (N-methyl/N-ethyl adjacent to an activating group) is 2. The summed E-state index contributed by atoms with van der Waals surface area (Å²) in [6.45, 7) is 6.41. The number of benzene rings is 1. The standard InChI is InChI=1S/C34H43ClF2IN8O2/c1-20-15-34(10-5-14-46(34)17-20)38-48-32-41-25-16-33(11-9-21-23(36)7-8-24(37)27(21)33)44(4)18-22(25)30(42-32)45-13-6-12-40-26(19-45)28(35)29(39)31(47)43(2)3/h7-8,20H,5-6,9-19,39H2,1-4H3/q-1/t20?,33-,34-/m0/s1. The summed E-state index contributed by atoms with van der Waals surface area (Å²) in [5.41, 5.74) is 8.56. The third kappa shape index (κ3) is 5.75. The summed E-state index contributed by atoms with van der Waals surface area (Å²) in [5.74, 6) is 0.217. The van der Waals surface area contributed by atoms with E-state index in [2.05, 4.69) is 21.6 Å². The number of nitrogens with two attached hydrogens (primary N) is 1. The van der Waals surface area contributed by atoms with Gasteiger partial charge in [-0.25, -0.2) is 0 Å². The first-order valence-corrected chi connectivity index (χ1v) is 19.1. The Hall–Kier alpha value is -2.62. The first kappa shape index (κ1) is 33.9. The van der Waals surface area contributed by atoms with Gasteiger partial charge in [0, 0.05) is 0 Å². The predicted molar refractivity (Wildman–Crippen MR) is 176 cm³/mol. The van der Waals surface area contributed by atoms with Crippen molar-refractivity contribution in [3.8, 4) is 6.01 Å². The number of carbonyl (C=O) groups is 1. The van der Waals surface area contributed by atoms with Crippen molar-refractivity contribution in [2.75, 3.05) is 58.8 Å². The SMILES string of the molecule is CC1CN2CCC[C@@]2([I-]Oc2nc3c(c(N4CCCN=C(C(Cl)=C(N)C(=O)N(C)C)C4)n2)CN(C)[C@@]2(CCc4c(F)ccc(F)c42)C3)C1. The van der Waals surface area contributed by atoms with Gasteiger partial charge >= 0.3 is 298 Å². The Morgan fingerprint density at radius 2 is 1.92 bits per heavy atom. The second kappa shape index (κ2) is 12.9. The van der Waals surface area contributed by atoms with Crippen molar-refractivity contribution >= 4 is 29.0 Å². The number of fused-ring (bicyclic) bond motifs is 4. The van der Waals surface area contributed by atoms with E-state index in [4.69, 9.17) is 35.4 Å². The first-order valence-electron chi connectivity index (χ1n) is 16.7. The van der Waals surface area contributed by atoms with Gasteiger partial charge in [-0.3, -0.25) is 0 Å². The molecule has 2 aromatic rings. The Kier molecular flexibility index (Phi) is 9.12. The van der Waals surface area contributed by atoms with E-state index in [9.17, 15) is 9.18 Å². The number of hydrogen-bond donors (Lipinski definition) is 1. The summed E-state index contributed by atoms with van der Waals surface area (Å²) in [5, 5.41) is 0.137. The molecule has 3 atom stereocenters. The van der Waals surface area contributed by atoms with Crippen LogP contribution >= 0.6 is 11.6 Å². The van der Waals surface area contributed by atoms with Crippen LogP contribution in [-0.4, -0.2) is 93.7 Å². The molecule has 1 spiro atoms. The number of aliphatic imine (C=N–C) groups is 1. The molecule has 2 saturated heterocycles. The summed E-state index contributed by atoms with van der Waals surface area (Å²) in [4.78, 5) is 35.8. The van der Waals surface area contributed by atoms with Gasteiger partial charge in [0.25, 0.3) is 0 Å². The average Bonchev–Trinajstić information content (AvgIpc) is 3.65. The fourth-order valence-electron chi connectivity index (χ4n) is 8.44. The van der Waals surface area contributed by atoms with E-state index < -0.39 is 27.2 Å². The second-order valence-electron chi connectivity index (χ2n) is 14.2. The molecule has 2 fully saturated rings. The zero-order chi connectivity index (χ0) is 34.0. The van der Waals surface area contributed by atoms with Crippen molar-refractivity contribution in [1.29, 1.82) is 0 Å². The second-order valence-corrected chi connectivity index (χ2v) is 17.4. The van der Waals surface area contributed by atoms with Crippen molar-refractivity contribution in [2.45, 2.75) is 67.5 Å². The number of carbonyl (C=O) groups excluding carboxylic acids is 1. The van der Waals surface area contributed by atoms with Crippen molar-refractivity contribution in [3.05, 3.63) is 56.9 Å². The molecule has 5 heterocycles. The minimum atomic E-state index is -0.772. The molecule has 0 bridgehead atoms. The van der Waals surface area contributed by atoms with E-state index in [0.717, 1.165) is 49.4 Å². The maximum atomic E-state index is 15.6. The Bertz CT molecular complexity index is 1710. The summed E-state index contributed by atoms with van der Waals surface area (Å²) >= 11 is 5.96. The molecule has 48 heavy (non-hydrogen) atoms. The Morgan fingerprint density at radius 1 is 1.12 bits per heavy atom. The van der Waals surface area contributed by atoms with E-state index in [1.807, 2.05) is 7.05 Å². The van der Waals surface area contributed by atoms with Crippen molar-refractivity contribution in [2.24, 2.45) is 16.6 Å². The van der Waals surface area contributed by atoms with E-state index in [0.29, 0.717) is 74.2 Å². The molecule has 1 amide bonds. The summed E-state index contributed by atoms with van der Waals surface area (Å²) in [6, 6.07) is 2.81. The van der Waals surface area contributed by atoms with Gasteiger partial charge in [-0.1, -0.05) is 0 Å². The molecular weight excluding hydrogens is 753 g/mol. The molecule has 4 aliphatic heterocycles. The number of aromatic nitrogens is 2. The summed E-state index contributed by atoms with van der Waals surface area (Å²) in [6.07, 6.45) is 5.63. The van der Waals surface area contributed by atoms with E-state index in [1.54, 1.807) is 14.1 Å². The molecule has 10 nitrogen and oxygen atoms in total. The van der Waals surface area contributed by atoms with E-state index >= 15 is 4.39 Å². The van der Waals surface area contributed by atoms with Crippen LogP contribution in [0.15, 0.2) is 27.9 Å². The molecule has 1 aromatic heterocycles. The molecule has 1 unspecified atom stereocenters. The van der Waals surface area contributed by atoms with Crippen LogP contribution in [0.1, 0.15) is 61.4 Å². The van der Waals surface area contributed by atoms with Crippen LogP contribution in [0.25, 0.3) is 0 Å². The van der Waals surface area contributed by atoms with Gasteiger partial charge in [-0.2, -0.15) is 0 Å². The molecule has 5 aliphatic rings. The van der Waals surface area contributed by atoms with Gasteiger partial charge in [-0.15, -0.1) is 0 Å². The predicted octanol–water partition coefficient (Wildman–Crippen LogP) is 0.948. The third-order valence-corrected chi connectivity index (χ3v) is 14.3. The number of alkyl halides is 1. The van der Waals surface area contributed by atoms with Gasteiger partial charge in [0.05, 0.1) is 0 Å². The van der Waals surface area contributed by atoms with Gasteiger partial charge in [0.15, 0.2) is 0 Å². The molecule has 1 aromatic carbocycles. The molecule has 2 N–H and O–H groups in total. The van der Waals surface area contributed by atoms with Crippen molar-refractivity contribution in [1.82, 2.24) is 24.7 Å². The van der Waals surface area contributed by atoms with Crippen LogP contribution in [0.3, 0.4) is 0 Å². The summed E-state index contributed by atoms with van der Waals surface area (Å²) in [7, 11) is 5.22. The van der Waals surface area contributed by atoms with Crippen LogP contribution in [0.2, 0.25) is 0 Å². The fraction of sp³-hybridized carbons (Fsp3) is 0.588. The van der Waals surface area contributed by atoms with Crippen molar-refractivity contribution in [3.63, 3.8) is 0 Å². The average molecular weight is 796 g/mol. The topological polar surface area (TPSA) is 103 Å². The number of amides is 1. The van der Waals surface area contributed by atoms with E-state index in [-0.39, 0.29) is 31.8 Å². The maximum absolute atomic E-state index is 15.6. The molecule has 260 valence electrons. The first-order chi connectivity index (χ1) is 22.9. The Balaban J connectivity index is 1.28. The van der Waals surface area contributed by atoms with Crippen molar-refractivity contribution < 1.29 is 38.3 Å². The number of halogens is 4. The van der Waals surface area contributed by atoms with Gasteiger partial charge < -0.3 is 0 Å². The number of anilines is 1. The molecule has 1 aliphatic carbocycles. The van der Waals surface area contributed by atoms with Crippen LogP contribution in [0, 0.1) is 17.6 Å². The summed E-state index contributed by atoms with van der Waals surface area (Å²) < 4.78 is 37.3.